The molecule has 0 aliphatic carbocycles. The highest BCUT2D eigenvalue weighted by Crippen LogP contribution is 1.91. The Balaban J connectivity index is 3.37. The predicted molar refractivity (Wildman–Crippen MR) is 34.0 cm³/mol. The van der Waals surface area contributed by atoms with Crippen LogP contribution >= 0.6 is 0 Å². The lowest BCUT2D eigenvalue weighted by Crippen LogP contribution is -2.27. The number of nitrogens with two attached hydrogens (primary N) is 1. The van der Waals surface area contributed by atoms with Crippen LogP contribution in [0.1, 0.15) is 19.8 Å². The molecule has 0 radical (unpaired) electrons. The van der Waals surface area contributed by atoms with Crippen LogP contribution in [0.25, 0.3) is 0 Å². The molecule has 0 aromatic heterocycles. The average Bonchev–Trinajstić information content (AvgIpc) is 1.82. The SMILES string of the molecule is CC(=O)C(N)CCC=O. The second-order valence-electron chi connectivity index (χ2n) is 1.96. The smallest absolute Gasteiger partial charge is 0.146 e. The van der Waals surface area contributed by atoms with Gasteiger partial charge in [-0.1, -0.05) is 0 Å². The van der Waals surface area contributed by atoms with Crippen LogP contribution in [0.4, 0.5) is 0 Å². The van der Waals surface area contributed by atoms with Gasteiger partial charge in [0.1, 0.15) is 12.1 Å². The van der Waals surface area contributed by atoms with Crippen LogP contribution in [0.5, 0.6) is 0 Å². The maximum absolute atomic E-state index is 10.4. The van der Waals surface area contributed by atoms with Crippen molar-refractivity contribution in [3.8, 4) is 0 Å². The molecule has 1 atom stereocenters. The fourth-order valence-electron chi connectivity index (χ4n) is 0.451. The Morgan fingerprint density at radius 3 is 2.67 bits per heavy atom. The molecule has 0 fully saturated rings. The van der Waals surface area contributed by atoms with E-state index in [1.807, 2.05) is 0 Å². The lowest BCUT2D eigenvalue weighted by Gasteiger charge is -2.01. The Morgan fingerprint density at radius 2 is 2.33 bits per heavy atom. The van der Waals surface area contributed by atoms with Gasteiger partial charge < -0.3 is 10.5 Å². The Morgan fingerprint density at radius 1 is 1.78 bits per heavy atom. The second kappa shape index (κ2) is 4.21. The lowest BCUT2D eigenvalue weighted by molar-refractivity contribution is -0.118. The Labute approximate surface area is 54.2 Å². The van der Waals surface area contributed by atoms with Gasteiger partial charge >= 0.3 is 0 Å². The molecule has 1 unspecified atom stereocenters. The third-order valence-corrected chi connectivity index (χ3v) is 1.12. The molecule has 2 N–H and O–H groups in total. The zero-order valence-electron chi connectivity index (χ0n) is 5.46. The molecule has 0 aromatic rings. The van der Waals surface area contributed by atoms with Crippen molar-refractivity contribution in [3.05, 3.63) is 0 Å². The number of carbonyl (C=O) groups excluding carboxylic acids is 2. The summed E-state index contributed by atoms with van der Waals surface area (Å²) in [5.74, 6) is -0.0585. The average molecular weight is 129 g/mol. The summed E-state index contributed by atoms with van der Waals surface area (Å²) >= 11 is 0. The monoisotopic (exact) mass is 129 g/mol. The van der Waals surface area contributed by atoms with Crippen molar-refractivity contribution in [1.29, 1.82) is 0 Å². The molecule has 0 heterocycles. The summed E-state index contributed by atoms with van der Waals surface area (Å²) in [6.45, 7) is 1.43. The highest BCUT2D eigenvalue weighted by Gasteiger charge is 2.05. The highest BCUT2D eigenvalue weighted by atomic mass is 16.1. The summed E-state index contributed by atoms with van der Waals surface area (Å²) in [5, 5.41) is 0. The first-order chi connectivity index (χ1) is 4.18. The predicted octanol–water partition coefficient (Wildman–Crippen LogP) is -0.118. The second-order valence-corrected chi connectivity index (χ2v) is 1.96. The van der Waals surface area contributed by atoms with E-state index in [0.717, 1.165) is 6.29 Å². The van der Waals surface area contributed by atoms with Gasteiger partial charge in [0.2, 0.25) is 0 Å². The van der Waals surface area contributed by atoms with Crippen LogP contribution in [-0.2, 0) is 9.59 Å². The van der Waals surface area contributed by atoms with Crippen molar-refractivity contribution in [2.24, 2.45) is 5.73 Å². The molecular weight excluding hydrogens is 118 g/mol. The van der Waals surface area contributed by atoms with Crippen molar-refractivity contribution in [2.45, 2.75) is 25.8 Å². The van der Waals surface area contributed by atoms with E-state index in [1.165, 1.54) is 6.92 Å². The molecule has 0 amide bonds. The molecule has 0 rings (SSSR count). The quantitative estimate of drug-likeness (QED) is 0.538. The van der Waals surface area contributed by atoms with Crippen molar-refractivity contribution in [2.75, 3.05) is 0 Å². The lowest BCUT2D eigenvalue weighted by atomic mass is 10.1. The number of Topliss-reactive ketones (excluding diaryl/α,β-unsaturated/α-hetero) is 1. The van der Waals surface area contributed by atoms with Crippen LogP contribution in [-0.4, -0.2) is 18.1 Å². The topological polar surface area (TPSA) is 60.2 Å². The van der Waals surface area contributed by atoms with Crippen LogP contribution in [0.3, 0.4) is 0 Å². The van der Waals surface area contributed by atoms with Gasteiger partial charge in [-0.15, -0.1) is 0 Å². The third-order valence-electron chi connectivity index (χ3n) is 1.12. The van der Waals surface area contributed by atoms with E-state index < -0.39 is 6.04 Å². The van der Waals surface area contributed by atoms with Crippen molar-refractivity contribution in [1.82, 2.24) is 0 Å². The minimum atomic E-state index is -0.449. The zero-order valence-corrected chi connectivity index (χ0v) is 5.46. The summed E-state index contributed by atoms with van der Waals surface area (Å²) in [4.78, 5) is 20.2. The first kappa shape index (κ1) is 8.30. The fraction of sp³-hybridized carbons (Fsp3) is 0.667. The summed E-state index contributed by atoms with van der Waals surface area (Å²) in [5.41, 5.74) is 5.29. The van der Waals surface area contributed by atoms with E-state index in [2.05, 4.69) is 0 Å². The normalized spacial score (nSPS) is 12.7. The summed E-state index contributed by atoms with van der Waals surface area (Å²) in [6, 6.07) is -0.449. The molecule has 0 saturated carbocycles. The van der Waals surface area contributed by atoms with Crippen molar-refractivity contribution in [3.63, 3.8) is 0 Å². The molecule has 3 heteroatoms. The Kier molecular flexibility index (Phi) is 3.88. The van der Waals surface area contributed by atoms with E-state index >= 15 is 0 Å². The first-order valence-electron chi connectivity index (χ1n) is 2.88. The molecule has 0 aromatic carbocycles. The maximum Gasteiger partial charge on any atom is 0.146 e. The number of rotatable bonds is 4. The molecule has 0 saturated heterocycles. The van der Waals surface area contributed by atoms with Crippen LogP contribution in [0.15, 0.2) is 0 Å². The van der Waals surface area contributed by atoms with E-state index in [0.29, 0.717) is 12.8 Å². The van der Waals surface area contributed by atoms with E-state index in [4.69, 9.17) is 5.73 Å². The minimum Gasteiger partial charge on any atom is -0.322 e. The van der Waals surface area contributed by atoms with Crippen molar-refractivity contribution < 1.29 is 9.59 Å². The van der Waals surface area contributed by atoms with Gasteiger partial charge in [-0.2, -0.15) is 0 Å². The molecule has 9 heavy (non-hydrogen) atoms. The highest BCUT2D eigenvalue weighted by molar-refractivity contribution is 5.81. The molecule has 0 spiro atoms. The fourth-order valence-corrected chi connectivity index (χ4v) is 0.451. The van der Waals surface area contributed by atoms with Crippen LogP contribution in [0.2, 0.25) is 0 Å². The standard InChI is InChI=1S/C6H11NO2/c1-5(9)6(7)3-2-4-8/h4,6H,2-3,7H2,1H3. The van der Waals surface area contributed by atoms with Gasteiger partial charge in [0.15, 0.2) is 0 Å². The molecule has 0 aliphatic heterocycles. The Bertz CT molecular complexity index is 112. The zero-order chi connectivity index (χ0) is 7.28. The van der Waals surface area contributed by atoms with Gasteiger partial charge in [-0.3, -0.25) is 4.79 Å². The first-order valence-corrected chi connectivity index (χ1v) is 2.88. The van der Waals surface area contributed by atoms with Crippen molar-refractivity contribution >= 4 is 12.1 Å². The largest absolute Gasteiger partial charge is 0.322 e. The number of ketones is 1. The molecule has 52 valence electrons. The maximum atomic E-state index is 10.4. The number of carbonyl (C=O) groups is 2. The van der Waals surface area contributed by atoms with Gasteiger partial charge in [0, 0.05) is 6.42 Å². The van der Waals surface area contributed by atoms with Gasteiger partial charge in [0.25, 0.3) is 0 Å². The molecule has 3 nitrogen and oxygen atoms in total. The number of hydrogen-bond donors (Lipinski definition) is 1. The minimum absolute atomic E-state index is 0.0585. The number of hydrogen-bond acceptors (Lipinski definition) is 3. The van der Waals surface area contributed by atoms with E-state index in [-0.39, 0.29) is 5.78 Å². The third kappa shape index (κ3) is 3.85. The van der Waals surface area contributed by atoms with Crippen LogP contribution in [0, 0.1) is 0 Å². The van der Waals surface area contributed by atoms with E-state index in [9.17, 15) is 9.59 Å². The molecule has 0 bridgehead atoms. The van der Waals surface area contributed by atoms with Gasteiger partial charge in [-0.05, 0) is 13.3 Å². The molecule has 0 aliphatic rings. The van der Waals surface area contributed by atoms with Crippen LogP contribution < -0.4 is 5.73 Å². The van der Waals surface area contributed by atoms with E-state index in [1.54, 1.807) is 0 Å². The summed E-state index contributed by atoms with van der Waals surface area (Å²) < 4.78 is 0. The molecular formula is C6H11NO2. The van der Waals surface area contributed by atoms with Gasteiger partial charge in [-0.25, -0.2) is 0 Å². The summed E-state index contributed by atoms with van der Waals surface area (Å²) in [6.07, 6.45) is 1.61. The summed E-state index contributed by atoms with van der Waals surface area (Å²) in [7, 11) is 0. The number of aldehydes is 1. The van der Waals surface area contributed by atoms with Gasteiger partial charge in [0.05, 0.1) is 6.04 Å². The Hall–Kier alpha value is -0.700.